The van der Waals surface area contributed by atoms with Crippen LogP contribution in [0.2, 0.25) is 0 Å². The third-order valence-corrected chi connectivity index (χ3v) is 5.76. The summed E-state index contributed by atoms with van der Waals surface area (Å²) in [5.41, 5.74) is 0.621. The highest BCUT2D eigenvalue weighted by Crippen LogP contribution is 2.28. The summed E-state index contributed by atoms with van der Waals surface area (Å²) in [7, 11) is 0. The van der Waals surface area contributed by atoms with Gasteiger partial charge in [-0.2, -0.15) is 9.50 Å². The van der Waals surface area contributed by atoms with E-state index < -0.39 is 10.9 Å². The number of carbonyl (C=O) groups excluding carboxylic acids is 1. The van der Waals surface area contributed by atoms with E-state index in [2.05, 4.69) is 10.1 Å². The van der Waals surface area contributed by atoms with Crippen molar-refractivity contribution >= 4 is 34.0 Å². The van der Waals surface area contributed by atoms with Gasteiger partial charge in [0, 0.05) is 30.7 Å². The van der Waals surface area contributed by atoms with Gasteiger partial charge in [0.2, 0.25) is 4.96 Å². The van der Waals surface area contributed by atoms with E-state index >= 15 is 0 Å². The Hall–Kier alpha value is -4.64. The fraction of sp³-hybridized carbons (Fsp3) is 0.0435. The molecule has 0 aliphatic carbocycles. The number of nitrogens with zero attached hydrogens (tertiary/aromatic N) is 4. The third kappa shape index (κ3) is 3.95. The molecule has 0 spiro atoms. The van der Waals surface area contributed by atoms with Gasteiger partial charge in [0.15, 0.2) is 5.82 Å². The molecule has 2 aromatic carbocycles. The predicted octanol–water partition coefficient (Wildman–Crippen LogP) is 3.46. The van der Waals surface area contributed by atoms with E-state index in [1.165, 1.54) is 23.6 Å². The van der Waals surface area contributed by atoms with Crippen LogP contribution in [-0.2, 0) is 4.79 Å². The van der Waals surface area contributed by atoms with Gasteiger partial charge in [-0.15, -0.1) is 5.10 Å². The van der Waals surface area contributed by atoms with E-state index in [9.17, 15) is 19.7 Å². The molecule has 3 aromatic heterocycles. The van der Waals surface area contributed by atoms with Crippen LogP contribution in [0.15, 0.2) is 69.9 Å². The molecule has 0 saturated heterocycles. The number of hydrogen-bond acceptors (Lipinski definition) is 9. The van der Waals surface area contributed by atoms with E-state index in [4.69, 9.17) is 9.15 Å². The monoisotopic (exact) mass is 474 g/mol. The smallest absolute Gasteiger partial charge is 0.308 e. The number of fused-ring (bicyclic) bond motifs is 1. The van der Waals surface area contributed by atoms with Gasteiger partial charge in [-0.3, -0.25) is 19.7 Å². The molecule has 10 nitrogen and oxygen atoms in total. The average molecular weight is 474 g/mol. The van der Waals surface area contributed by atoms with Crippen molar-refractivity contribution in [3.63, 3.8) is 0 Å². The SMILES string of the molecule is CC(=O)Oc1ccccc1-c1nc2sc(=Cc3ccc(-c4cccc([N+](=O)[O-])c4)o3)c(=O)n2n1. The number of non-ortho nitro benzene ring substituents is 1. The number of ether oxygens (including phenoxy) is 1. The molecule has 0 aliphatic rings. The number of rotatable bonds is 5. The summed E-state index contributed by atoms with van der Waals surface area (Å²) < 4.78 is 12.5. The zero-order valence-corrected chi connectivity index (χ0v) is 18.3. The van der Waals surface area contributed by atoms with Crippen LogP contribution in [0.3, 0.4) is 0 Å². The lowest BCUT2D eigenvalue weighted by Crippen LogP contribution is -2.23. The highest BCUT2D eigenvalue weighted by Gasteiger charge is 2.16. The van der Waals surface area contributed by atoms with E-state index in [0.717, 1.165) is 11.3 Å². The number of aromatic nitrogens is 3. The van der Waals surface area contributed by atoms with Crippen molar-refractivity contribution in [1.29, 1.82) is 0 Å². The van der Waals surface area contributed by atoms with Gasteiger partial charge < -0.3 is 9.15 Å². The number of furan rings is 1. The summed E-state index contributed by atoms with van der Waals surface area (Å²) in [6.45, 7) is 1.30. The largest absolute Gasteiger partial charge is 0.457 e. The summed E-state index contributed by atoms with van der Waals surface area (Å²) in [6, 6.07) is 16.2. The van der Waals surface area contributed by atoms with E-state index in [0.29, 0.717) is 37.9 Å². The van der Waals surface area contributed by atoms with E-state index in [1.807, 2.05) is 0 Å². The van der Waals surface area contributed by atoms with E-state index in [-0.39, 0.29) is 17.1 Å². The molecule has 0 atom stereocenters. The predicted molar refractivity (Wildman–Crippen MR) is 123 cm³/mol. The highest BCUT2D eigenvalue weighted by molar-refractivity contribution is 7.15. The van der Waals surface area contributed by atoms with E-state index in [1.54, 1.807) is 54.6 Å². The number of esters is 1. The Morgan fingerprint density at radius 2 is 2.00 bits per heavy atom. The first-order valence-corrected chi connectivity index (χ1v) is 10.7. The van der Waals surface area contributed by atoms with Gasteiger partial charge in [-0.25, -0.2) is 0 Å². The van der Waals surface area contributed by atoms with Gasteiger partial charge >= 0.3 is 5.97 Å². The number of carbonyl (C=O) groups is 1. The first-order valence-electron chi connectivity index (χ1n) is 9.93. The molecule has 11 heteroatoms. The number of hydrogen-bond donors (Lipinski definition) is 0. The van der Waals surface area contributed by atoms with Gasteiger partial charge in [0.25, 0.3) is 11.2 Å². The molecule has 0 bridgehead atoms. The lowest BCUT2D eigenvalue weighted by Gasteiger charge is -2.04. The third-order valence-electron chi connectivity index (χ3n) is 4.81. The summed E-state index contributed by atoms with van der Waals surface area (Å²) in [4.78, 5) is 39.6. The maximum absolute atomic E-state index is 12.9. The zero-order chi connectivity index (χ0) is 23.8. The highest BCUT2D eigenvalue weighted by atomic mass is 32.1. The molecule has 34 heavy (non-hydrogen) atoms. The maximum atomic E-state index is 12.9. The van der Waals surface area contributed by atoms with Crippen LogP contribution in [0, 0.1) is 10.1 Å². The van der Waals surface area contributed by atoms with Gasteiger partial charge in [-0.05, 0) is 24.3 Å². The van der Waals surface area contributed by atoms with Crippen LogP contribution in [0.4, 0.5) is 5.69 Å². The Labute approximate surface area is 194 Å². The zero-order valence-electron chi connectivity index (χ0n) is 17.5. The molecule has 0 unspecified atom stereocenters. The molecule has 0 amide bonds. The maximum Gasteiger partial charge on any atom is 0.308 e. The van der Waals surface area contributed by atoms with Crippen LogP contribution >= 0.6 is 11.3 Å². The summed E-state index contributed by atoms with van der Waals surface area (Å²) >= 11 is 1.13. The van der Waals surface area contributed by atoms with Gasteiger partial charge in [0.1, 0.15) is 21.8 Å². The molecule has 5 aromatic rings. The fourth-order valence-corrected chi connectivity index (χ4v) is 4.22. The molecule has 0 fully saturated rings. The molecule has 0 radical (unpaired) electrons. The molecule has 3 heterocycles. The van der Waals surface area contributed by atoms with Crippen molar-refractivity contribution in [2.24, 2.45) is 0 Å². The standard InChI is InChI=1S/C23H14N4O6S/c1-13(28)32-19-8-3-2-7-17(19)21-24-23-26(25-21)22(29)20(34-23)12-16-9-10-18(33-16)14-5-4-6-15(11-14)27(30)31/h2-12H,1H3. The molecule has 0 aliphatic heterocycles. The van der Waals surface area contributed by atoms with Gasteiger partial charge in [-0.1, -0.05) is 35.6 Å². The normalized spacial score (nSPS) is 11.7. The van der Waals surface area contributed by atoms with Crippen LogP contribution in [0.25, 0.3) is 33.7 Å². The van der Waals surface area contributed by atoms with Crippen LogP contribution < -0.4 is 14.8 Å². The summed E-state index contributed by atoms with van der Waals surface area (Å²) in [5, 5.41) is 15.3. The minimum absolute atomic E-state index is 0.0436. The van der Waals surface area contributed by atoms with Crippen molar-refractivity contribution < 1.29 is 18.9 Å². The first-order chi connectivity index (χ1) is 16.4. The lowest BCUT2D eigenvalue weighted by atomic mass is 10.1. The Balaban J connectivity index is 1.49. The number of benzene rings is 2. The van der Waals surface area contributed by atoms with Crippen LogP contribution in [-0.4, -0.2) is 25.5 Å². The Bertz CT molecular complexity index is 1680. The quantitative estimate of drug-likeness (QED) is 0.164. The van der Waals surface area contributed by atoms with Crippen LogP contribution in [0.5, 0.6) is 5.75 Å². The molecular formula is C23H14N4O6S. The number of para-hydroxylation sites is 1. The second-order valence-electron chi connectivity index (χ2n) is 7.14. The van der Waals surface area contributed by atoms with Crippen molar-refractivity contribution in [2.75, 3.05) is 0 Å². The molecule has 0 saturated carbocycles. The second-order valence-corrected chi connectivity index (χ2v) is 8.15. The average Bonchev–Trinajstić information content (AvgIpc) is 3.51. The summed E-state index contributed by atoms with van der Waals surface area (Å²) in [6.07, 6.45) is 1.57. The Kier molecular flexibility index (Phi) is 5.22. The van der Waals surface area contributed by atoms with Gasteiger partial charge in [0.05, 0.1) is 10.5 Å². The second kappa shape index (κ2) is 8.37. The first kappa shape index (κ1) is 21.2. The molecule has 168 valence electrons. The minimum Gasteiger partial charge on any atom is -0.457 e. The Morgan fingerprint density at radius 3 is 2.76 bits per heavy atom. The molecular weight excluding hydrogens is 460 g/mol. The lowest BCUT2D eigenvalue weighted by molar-refractivity contribution is -0.384. The van der Waals surface area contributed by atoms with Crippen molar-refractivity contribution in [1.82, 2.24) is 14.6 Å². The van der Waals surface area contributed by atoms with Crippen molar-refractivity contribution in [3.8, 4) is 28.5 Å². The Morgan fingerprint density at radius 1 is 1.18 bits per heavy atom. The fourth-order valence-electron chi connectivity index (χ4n) is 3.33. The number of nitro benzene ring substituents is 1. The molecule has 0 N–H and O–H groups in total. The minimum atomic E-state index is -0.476. The van der Waals surface area contributed by atoms with Crippen molar-refractivity contribution in [2.45, 2.75) is 6.92 Å². The summed E-state index contributed by atoms with van der Waals surface area (Å²) in [5.74, 6) is 0.932. The topological polar surface area (TPSA) is 130 Å². The number of nitro groups is 1. The van der Waals surface area contributed by atoms with Crippen LogP contribution in [0.1, 0.15) is 12.7 Å². The van der Waals surface area contributed by atoms with Crippen molar-refractivity contribution in [3.05, 3.63) is 91.4 Å². The molecule has 5 rings (SSSR count). The number of thiazole rings is 1.